The molecule has 0 aliphatic carbocycles. The first-order valence-corrected chi connectivity index (χ1v) is 10.7. The summed E-state index contributed by atoms with van der Waals surface area (Å²) >= 11 is 1.97. The van der Waals surface area contributed by atoms with Gasteiger partial charge in [-0.15, -0.1) is 15.3 Å². The molecule has 1 aromatic carbocycles. The lowest BCUT2D eigenvalue weighted by Crippen LogP contribution is -2.33. The van der Waals surface area contributed by atoms with Crippen molar-refractivity contribution in [2.45, 2.75) is 6.61 Å². The molecule has 0 atom stereocenters. The summed E-state index contributed by atoms with van der Waals surface area (Å²) in [5.74, 6) is 3.45. The minimum Gasteiger partial charge on any atom is -0.469 e. The number of rotatable bonds is 5. The van der Waals surface area contributed by atoms with Gasteiger partial charge in [0.05, 0.1) is 5.69 Å². The normalized spacial score (nSPS) is 14.3. The van der Waals surface area contributed by atoms with Crippen molar-refractivity contribution in [3.05, 3.63) is 66.5 Å². The van der Waals surface area contributed by atoms with Crippen LogP contribution in [0.4, 0.5) is 5.69 Å². The Bertz CT molecular complexity index is 1100. The average molecular weight is 404 g/mol. The molecule has 0 amide bonds. The molecule has 0 spiro atoms. The van der Waals surface area contributed by atoms with E-state index in [1.165, 1.54) is 0 Å². The SMILES string of the molecule is c1ccc(-c2nnc3cc(N4CCSCC4)c(OCc4ccccn4)nn23)cc1. The van der Waals surface area contributed by atoms with Crippen LogP contribution in [0.3, 0.4) is 0 Å². The maximum atomic E-state index is 6.15. The Balaban J connectivity index is 1.56. The van der Waals surface area contributed by atoms with E-state index >= 15 is 0 Å². The summed E-state index contributed by atoms with van der Waals surface area (Å²) in [6, 6.07) is 17.8. The molecule has 4 aromatic rings. The highest BCUT2D eigenvalue weighted by atomic mass is 32.2. The van der Waals surface area contributed by atoms with Crippen LogP contribution in [0.2, 0.25) is 0 Å². The molecule has 0 radical (unpaired) electrons. The van der Waals surface area contributed by atoms with E-state index in [-0.39, 0.29) is 0 Å². The zero-order chi connectivity index (χ0) is 19.5. The van der Waals surface area contributed by atoms with E-state index in [4.69, 9.17) is 9.84 Å². The first-order chi connectivity index (χ1) is 14.4. The minimum atomic E-state index is 0.359. The third-order valence-corrected chi connectivity index (χ3v) is 5.75. The molecule has 1 aliphatic rings. The van der Waals surface area contributed by atoms with Gasteiger partial charge >= 0.3 is 0 Å². The van der Waals surface area contributed by atoms with Crippen molar-refractivity contribution in [1.82, 2.24) is 24.8 Å². The van der Waals surface area contributed by atoms with E-state index in [1.54, 1.807) is 10.7 Å². The van der Waals surface area contributed by atoms with Crippen LogP contribution < -0.4 is 9.64 Å². The molecule has 0 unspecified atom stereocenters. The molecule has 1 saturated heterocycles. The Morgan fingerprint density at radius 2 is 1.79 bits per heavy atom. The van der Waals surface area contributed by atoms with Crippen molar-refractivity contribution in [3.8, 4) is 17.3 Å². The van der Waals surface area contributed by atoms with Gasteiger partial charge in [0.15, 0.2) is 11.5 Å². The molecule has 0 saturated carbocycles. The van der Waals surface area contributed by atoms with E-state index in [2.05, 4.69) is 20.1 Å². The summed E-state index contributed by atoms with van der Waals surface area (Å²) in [6.45, 7) is 2.28. The fourth-order valence-electron chi connectivity index (χ4n) is 3.33. The topological polar surface area (TPSA) is 68.4 Å². The van der Waals surface area contributed by atoms with Gasteiger partial charge in [0.2, 0.25) is 0 Å². The van der Waals surface area contributed by atoms with Crippen LogP contribution in [-0.4, -0.2) is 49.4 Å². The van der Waals surface area contributed by atoms with Crippen molar-refractivity contribution < 1.29 is 4.74 Å². The predicted molar refractivity (Wildman–Crippen MR) is 114 cm³/mol. The number of fused-ring (bicyclic) bond motifs is 1. The predicted octanol–water partition coefficient (Wildman–Crippen LogP) is 3.32. The second kappa shape index (κ2) is 8.08. The van der Waals surface area contributed by atoms with Gasteiger partial charge in [-0.2, -0.15) is 16.3 Å². The highest BCUT2D eigenvalue weighted by molar-refractivity contribution is 7.99. The summed E-state index contributed by atoms with van der Waals surface area (Å²) in [5, 5.41) is 13.5. The van der Waals surface area contributed by atoms with Crippen LogP contribution in [0.1, 0.15) is 5.69 Å². The van der Waals surface area contributed by atoms with Crippen molar-refractivity contribution in [3.63, 3.8) is 0 Å². The zero-order valence-corrected chi connectivity index (χ0v) is 16.6. The van der Waals surface area contributed by atoms with Gasteiger partial charge in [-0.1, -0.05) is 36.4 Å². The summed E-state index contributed by atoms with van der Waals surface area (Å²) in [5.41, 5.74) is 3.50. The van der Waals surface area contributed by atoms with Gasteiger partial charge in [-0.05, 0) is 12.1 Å². The molecule has 3 aromatic heterocycles. The van der Waals surface area contributed by atoms with Gasteiger partial charge in [0, 0.05) is 42.4 Å². The quantitative estimate of drug-likeness (QED) is 0.505. The number of ether oxygens (including phenoxy) is 1. The van der Waals surface area contributed by atoms with E-state index in [0.29, 0.717) is 24.0 Å². The summed E-state index contributed by atoms with van der Waals surface area (Å²) in [6.07, 6.45) is 1.77. The molecule has 1 aliphatic heterocycles. The van der Waals surface area contributed by atoms with Gasteiger partial charge in [0.25, 0.3) is 5.88 Å². The largest absolute Gasteiger partial charge is 0.469 e. The summed E-state index contributed by atoms with van der Waals surface area (Å²) < 4.78 is 7.90. The first kappa shape index (κ1) is 17.9. The van der Waals surface area contributed by atoms with E-state index in [9.17, 15) is 0 Å². The number of aromatic nitrogens is 5. The highest BCUT2D eigenvalue weighted by Crippen LogP contribution is 2.31. The molecule has 1 fully saturated rings. The maximum absolute atomic E-state index is 6.15. The molecule has 8 heteroatoms. The minimum absolute atomic E-state index is 0.359. The van der Waals surface area contributed by atoms with Gasteiger partial charge in [-0.25, -0.2) is 0 Å². The molecular formula is C21H20N6OS. The fourth-order valence-corrected chi connectivity index (χ4v) is 4.24. The van der Waals surface area contributed by atoms with E-state index in [0.717, 1.165) is 41.5 Å². The van der Waals surface area contributed by atoms with Crippen LogP contribution in [0.15, 0.2) is 60.8 Å². The van der Waals surface area contributed by atoms with Crippen LogP contribution >= 0.6 is 11.8 Å². The Labute approximate surface area is 172 Å². The lowest BCUT2D eigenvalue weighted by molar-refractivity contribution is 0.285. The number of thioether (sulfide) groups is 1. The van der Waals surface area contributed by atoms with Crippen molar-refractivity contribution in [2.75, 3.05) is 29.5 Å². The van der Waals surface area contributed by atoms with E-state index in [1.807, 2.05) is 66.4 Å². The smallest absolute Gasteiger partial charge is 0.256 e. The van der Waals surface area contributed by atoms with Crippen LogP contribution in [-0.2, 0) is 6.61 Å². The third kappa shape index (κ3) is 3.75. The van der Waals surface area contributed by atoms with Gasteiger partial charge in [-0.3, -0.25) is 4.98 Å². The standard InChI is InChI=1S/C21H20N6OS/c1-2-6-16(7-3-1)20-24-23-19-14-18(26-10-12-29-13-11-26)21(25-27(19)20)28-15-17-8-4-5-9-22-17/h1-9,14H,10-13,15H2. The van der Waals surface area contributed by atoms with Crippen LogP contribution in [0, 0.1) is 0 Å². The second-order valence-corrected chi connectivity index (χ2v) is 7.93. The van der Waals surface area contributed by atoms with Crippen molar-refractivity contribution in [2.24, 2.45) is 0 Å². The average Bonchev–Trinajstić information content (AvgIpc) is 3.22. The van der Waals surface area contributed by atoms with Crippen molar-refractivity contribution >= 4 is 23.1 Å². The Morgan fingerprint density at radius 1 is 0.966 bits per heavy atom. The number of benzene rings is 1. The van der Waals surface area contributed by atoms with Gasteiger partial charge in [0.1, 0.15) is 12.3 Å². The molecule has 146 valence electrons. The fraction of sp³-hybridized carbons (Fsp3) is 0.238. The number of hydrogen-bond donors (Lipinski definition) is 0. The molecular weight excluding hydrogens is 384 g/mol. The Hall–Kier alpha value is -3.13. The molecule has 0 bridgehead atoms. The number of pyridine rings is 1. The molecule has 7 nitrogen and oxygen atoms in total. The molecule has 4 heterocycles. The maximum Gasteiger partial charge on any atom is 0.256 e. The van der Waals surface area contributed by atoms with Crippen LogP contribution in [0.25, 0.3) is 17.0 Å². The Morgan fingerprint density at radius 3 is 2.59 bits per heavy atom. The first-order valence-electron chi connectivity index (χ1n) is 9.56. The zero-order valence-electron chi connectivity index (χ0n) is 15.8. The highest BCUT2D eigenvalue weighted by Gasteiger charge is 2.21. The molecule has 29 heavy (non-hydrogen) atoms. The molecule has 5 rings (SSSR count). The third-order valence-electron chi connectivity index (χ3n) is 4.81. The summed E-state index contributed by atoms with van der Waals surface area (Å²) in [4.78, 5) is 6.67. The monoisotopic (exact) mass is 404 g/mol. The second-order valence-electron chi connectivity index (χ2n) is 6.70. The Kier molecular flexibility index (Phi) is 5.00. The van der Waals surface area contributed by atoms with Gasteiger partial charge < -0.3 is 9.64 Å². The lowest BCUT2D eigenvalue weighted by Gasteiger charge is -2.29. The number of nitrogens with zero attached hydrogens (tertiary/aromatic N) is 6. The van der Waals surface area contributed by atoms with Crippen LogP contribution in [0.5, 0.6) is 5.88 Å². The number of hydrogen-bond acceptors (Lipinski definition) is 7. The molecule has 0 N–H and O–H groups in total. The van der Waals surface area contributed by atoms with Crippen molar-refractivity contribution in [1.29, 1.82) is 0 Å². The van der Waals surface area contributed by atoms with E-state index < -0.39 is 0 Å². The lowest BCUT2D eigenvalue weighted by atomic mass is 10.2. The summed E-state index contributed by atoms with van der Waals surface area (Å²) in [7, 11) is 0. The number of anilines is 1.